The largest absolute Gasteiger partial charge is 0.339 e. The number of carbonyl (C=O) groups is 3. The van der Waals surface area contributed by atoms with Crippen molar-refractivity contribution in [2.75, 3.05) is 18.4 Å². The summed E-state index contributed by atoms with van der Waals surface area (Å²) in [6.07, 6.45) is 0. The zero-order valence-electron chi connectivity index (χ0n) is 20.4. The van der Waals surface area contributed by atoms with E-state index in [4.69, 9.17) is 10.9 Å². The van der Waals surface area contributed by atoms with Gasteiger partial charge in [-0.3, -0.25) is 19.6 Å². The average molecular weight is 556 g/mol. The second kappa shape index (κ2) is 15.0. The maximum Gasteiger partial charge on any atom is 0.267 e. The number of hydroxylamine groups is 1. The van der Waals surface area contributed by atoms with E-state index in [1.807, 2.05) is 0 Å². The molecule has 0 aliphatic heterocycles. The van der Waals surface area contributed by atoms with Crippen LogP contribution in [0.2, 0.25) is 0 Å². The van der Waals surface area contributed by atoms with E-state index in [2.05, 4.69) is 27.8 Å². The van der Waals surface area contributed by atoms with Gasteiger partial charge in [-0.25, -0.2) is 18.7 Å². The SMILES string of the molecule is C.NC[C@H](NC(=O)c1ccc(C#Cc2ccc(NC(=O)CNCc3cc(F)c(F)cc3F)cc2)cc1)C(=O)NO. The van der Waals surface area contributed by atoms with Gasteiger partial charge < -0.3 is 21.7 Å². The van der Waals surface area contributed by atoms with Gasteiger partial charge in [0.2, 0.25) is 5.91 Å². The molecule has 0 aliphatic carbocycles. The van der Waals surface area contributed by atoms with Gasteiger partial charge >= 0.3 is 0 Å². The van der Waals surface area contributed by atoms with Crippen molar-refractivity contribution in [3.8, 4) is 11.8 Å². The van der Waals surface area contributed by atoms with Crippen molar-refractivity contribution in [2.24, 2.45) is 5.73 Å². The average Bonchev–Trinajstić information content (AvgIpc) is 2.93. The van der Waals surface area contributed by atoms with E-state index in [9.17, 15) is 27.6 Å². The molecule has 3 amide bonds. The maximum absolute atomic E-state index is 13.7. The molecule has 3 rings (SSSR count). The summed E-state index contributed by atoms with van der Waals surface area (Å²) in [6, 6.07) is 13.1. The molecule has 0 spiro atoms. The summed E-state index contributed by atoms with van der Waals surface area (Å²) in [7, 11) is 0. The van der Waals surface area contributed by atoms with Crippen LogP contribution in [0.1, 0.15) is 34.5 Å². The van der Waals surface area contributed by atoms with Crippen LogP contribution in [0.5, 0.6) is 0 Å². The number of halogens is 3. The standard InChI is InChI=1S/C27H24F3N5O4.CH4/c28-21-12-23(30)22(29)11-19(21)14-32-15-25(36)33-20-9-5-17(6-10-20)2-1-16-3-7-18(8-4-16)26(37)34-24(13-31)27(38)35-39;/h3-12,24,32,39H,13-15,31H2,(H,33,36)(H,34,37)(H,35,38);1H4/t24-;/m0./s1. The Labute approximate surface area is 228 Å². The molecule has 0 radical (unpaired) electrons. The van der Waals surface area contributed by atoms with Gasteiger partial charge in [0.15, 0.2) is 11.6 Å². The van der Waals surface area contributed by atoms with Gasteiger partial charge in [-0.15, -0.1) is 0 Å². The van der Waals surface area contributed by atoms with E-state index in [0.717, 1.165) is 6.07 Å². The molecular weight excluding hydrogens is 527 g/mol. The first kappa shape index (κ1) is 31.5. The summed E-state index contributed by atoms with van der Waals surface area (Å²) in [5.74, 6) is 0.741. The van der Waals surface area contributed by atoms with Gasteiger partial charge in [-0.1, -0.05) is 19.3 Å². The minimum Gasteiger partial charge on any atom is -0.339 e. The quantitative estimate of drug-likeness (QED) is 0.104. The molecule has 7 N–H and O–H groups in total. The monoisotopic (exact) mass is 555 g/mol. The zero-order valence-corrected chi connectivity index (χ0v) is 20.4. The molecule has 0 saturated carbocycles. The van der Waals surface area contributed by atoms with Crippen molar-refractivity contribution in [1.82, 2.24) is 16.1 Å². The summed E-state index contributed by atoms with van der Waals surface area (Å²) >= 11 is 0. The van der Waals surface area contributed by atoms with Crippen molar-refractivity contribution in [1.29, 1.82) is 0 Å². The third-order valence-electron chi connectivity index (χ3n) is 5.32. The van der Waals surface area contributed by atoms with E-state index >= 15 is 0 Å². The Morgan fingerprint density at radius 2 is 1.45 bits per heavy atom. The van der Waals surface area contributed by atoms with E-state index in [1.165, 1.54) is 17.6 Å². The van der Waals surface area contributed by atoms with E-state index < -0.39 is 41.2 Å². The molecule has 0 saturated heterocycles. The van der Waals surface area contributed by atoms with Crippen LogP contribution in [-0.2, 0) is 16.1 Å². The van der Waals surface area contributed by atoms with Crippen molar-refractivity contribution in [2.45, 2.75) is 20.0 Å². The van der Waals surface area contributed by atoms with Crippen LogP contribution in [0.15, 0.2) is 60.7 Å². The number of amides is 3. The van der Waals surface area contributed by atoms with Gasteiger partial charge in [-0.2, -0.15) is 0 Å². The number of rotatable bonds is 9. The number of hydrogen-bond acceptors (Lipinski definition) is 6. The number of carbonyl (C=O) groups excluding carboxylic acids is 3. The van der Waals surface area contributed by atoms with Gasteiger partial charge in [0.25, 0.3) is 11.8 Å². The molecule has 3 aromatic rings. The summed E-state index contributed by atoms with van der Waals surface area (Å²) < 4.78 is 39.9. The first-order valence-corrected chi connectivity index (χ1v) is 11.5. The van der Waals surface area contributed by atoms with Crippen LogP contribution < -0.4 is 27.2 Å². The number of hydrogen-bond donors (Lipinski definition) is 6. The normalized spacial score (nSPS) is 10.8. The van der Waals surface area contributed by atoms with Crippen LogP contribution in [0.3, 0.4) is 0 Å². The molecule has 9 nitrogen and oxygen atoms in total. The third kappa shape index (κ3) is 8.95. The second-order valence-corrected chi connectivity index (χ2v) is 8.15. The molecule has 210 valence electrons. The predicted molar refractivity (Wildman–Crippen MR) is 142 cm³/mol. The van der Waals surface area contributed by atoms with Crippen LogP contribution in [0, 0.1) is 29.3 Å². The molecule has 0 aliphatic rings. The molecule has 12 heteroatoms. The summed E-state index contributed by atoms with van der Waals surface area (Å²) in [4.78, 5) is 35.8. The molecule has 0 heterocycles. The van der Waals surface area contributed by atoms with Crippen molar-refractivity contribution >= 4 is 23.4 Å². The highest BCUT2D eigenvalue weighted by atomic mass is 19.2. The highest BCUT2D eigenvalue weighted by Gasteiger charge is 2.19. The number of anilines is 1. The fourth-order valence-electron chi connectivity index (χ4n) is 3.25. The fourth-order valence-corrected chi connectivity index (χ4v) is 3.25. The molecule has 3 aromatic carbocycles. The molecule has 1 atom stereocenters. The Morgan fingerprint density at radius 1 is 0.875 bits per heavy atom. The maximum atomic E-state index is 13.7. The number of nitrogens with one attached hydrogen (secondary N) is 4. The van der Waals surface area contributed by atoms with Gasteiger partial charge in [0, 0.05) is 47.1 Å². The van der Waals surface area contributed by atoms with Crippen LogP contribution in [0.4, 0.5) is 18.9 Å². The summed E-state index contributed by atoms with van der Waals surface area (Å²) in [5.41, 5.74) is 8.80. The summed E-state index contributed by atoms with van der Waals surface area (Å²) in [6.45, 7) is -0.538. The van der Waals surface area contributed by atoms with E-state index in [1.54, 1.807) is 36.4 Å². The Balaban J connectivity index is 0.00000560. The zero-order chi connectivity index (χ0) is 28.4. The van der Waals surface area contributed by atoms with Crippen molar-refractivity contribution in [3.63, 3.8) is 0 Å². The number of nitrogens with two attached hydrogens (primary N) is 1. The molecular formula is C28H28F3N5O4. The fraction of sp³-hybridized carbons (Fsp3) is 0.179. The Hall–Kier alpha value is -4.70. The van der Waals surface area contributed by atoms with Crippen molar-refractivity contribution in [3.05, 3.63) is 100 Å². The van der Waals surface area contributed by atoms with Crippen LogP contribution >= 0.6 is 0 Å². The smallest absolute Gasteiger partial charge is 0.267 e. The third-order valence-corrected chi connectivity index (χ3v) is 5.32. The van der Waals surface area contributed by atoms with E-state index in [0.29, 0.717) is 22.9 Å². The lowest BCUT2D eigenvalue weighted by Gasteiger charge is -2.14. The lowest BCUT2D eigenvalue weighted by atomic mass is 10.1. The topological polar surface area (TPSA) is 146 Å². The lowest BCUT2D eigenvalue weighted by molar-refractivity contribution is -0.130. The minimum atomic E-state index is -1.28. The van der Waals surface area contributed by atoms with Crippen LogP contribution in [0.25, 0.3) is 0 Å². The molecule has 0 aromatic heterocycles. The van der Waals surface area contributed by atoms with Crippen LogP contribution in [-0.4, -0.2) is 42.1 Å². The first-order chi connectivity index (χ1) is 18.7. The lowest BCUT2D eigenvalue weighted by Crippen LogP contribution is -2.50. The van der Waals surface area contributed by atoms with Crippen molar-refractivity contribution < 1.29 is 32.8 Å². The molecule has 0 fully saturated rings. The molecule has 40 heavy (non-hydrogen) atoms. The molecule has 0 unspecified atom stereocenters. The highest BCUT2D eigenvalue weighted by molar-refractivity contribution is 5.97. The minimum absolute atomic E-state index is 0. The van der Waals surface area contributed by atoms with Gasteiger partial charge in [-0.05, 0) is 54.6 Å². The molecule has 0 bridgehead atoms. The Bertz CT molecular complexity index is 1400. The van der Waals surface area contributed by atoms with Gasteiger partial charge in [0.05, 0.1) is 6.54 Å². The Kier molecular flexibility index (Phi) is 11.8. The Morgan fingerprint density at radius 3 is 2.02 bits per heavy atom. The first-order valence-electron chi connectivity index (χ1n) is 11.5. The van der Waals surface area contributed by atoms with E-state index in [-0.39, 0.29) is 38.2 Å². The number of benzene rings is 3. The van der Waals surface area contributed by atoms with Gasteiger partial charge in [0.1, 0.15) is 11.9 Å². The second-order valence-electron chi connectivity index (χ2n) is 8.15. The summed E-state index contributed by atoms with van der Waals surface area (Å²) in [5, 5.41) is 16.4. The predicted octanol–water partition coefficient (Wildman–Crippen LogP) is 2.43. The highest BCUT2D eigenvalue weighted by Crippen LogP contribution is 2.14.